The Kier molecular flexibility index (Phi) is 6.55. The lowest BCUT2D eigenvalue weighted by Crippen LogP contribution is -2.01. The summed E-state index contributed by atoms with van der Waals surface area (Å²) >= 11 is 0. The SMILES string of the molecule is c1ccc(-c2cccc(-c3ccccc3)c2-n2c3ccccc3c3cc(-n4c5ccccc5c5ccc6c(ccn6-c6ccccc6)c54)ccc32)cc1. The molecule has 0 fully saturated rings. The fourth-order valence-electron chi connectivity index (χ4n) is 8.58. The molecular weight excluding hydrogens is 643 g/mol. The average Bonchev–Trinajstić information content (AvgIpc) is 3.92. The Labute approximate surface area is 306 Å². The molecule has 0 aliphatic carbocycles. The Balaban J connectivity index is 1.22. The van der Waals surface area contributed by atoms with Crippen molar-refractivity contribution in [3.05, 3.63) is 200 Å². The third-order valence-corrected chi connectivity index (χ3v) is 10.9. The maximum atomic E-state index is 2.49. The molecule has 3 aromatic heterocycles. The summed E-state index contributed by atoms with van der Waals surface area (Å²) in [5.41, 5.74) is 14.3. The van der Waals surface area contributed by atoms with Crippen molar-refractivity contribution in [1.29, 1.82) is 0 Å². The minimum absolute atomic E-state index is 1.14. The summed E-state index contributed by atoms with van der Waals surface area (Å²) in [6.07, 6.45) is 2.20. The normalized spacial score (nSPS) is 11.8. The molecule has 248 valence electrons. The Morgan fingerprint density at radius 1 is 0.302 bits per heavy atom. The lowest BCUT2D eigenvalue weighted by atomic mass is 9.95. The van der Waals surface area contributed by atoms with E-state index in [-0.39, 0.29) is 0 Å². The van der Waals surface area contributed by atoms with E-state index in [0.717, 1.165) is 11.4 Å². The lowest BCUT2D eigenvalue weighted by molar-refractivity contribution is 1.13. The van der Waals surface area contributed by atoms with Crippen LogP contribution in [0.3, 0.4) is 0 Å². The van der Waals surface area contributed by atoms with Crippen LogP contribution >= 0.6 is 0 Å². The highest BCUT2D eigenvalue weighted by Gasteiger charge is 2.22. The number of para-hydroxylation sites is 4. The van der Waals surface area contributed by atoms with Gasteiger partial charge in [-0.15, -0.1) is 0 Å². The van der Waals surface area contributed by atoms with Crippen LogP contribution in [0.2, 0.25) is 0 Å². The molecule has 0 N–H and O–H groups in total. The Morgan fingerprint density at radius 3 is 1.53 bits per heavy atom. The maximum Gasteiger partial charge on any atom is 0.0635 e. The van der Waals surface area contributed by atoms with Crippen molar-refractivity contribution in [3.8, 4) is 39.3 Å². The largest absolute Gasteiger partial charge is 0.316 e. The van der Waals surface area contributed by atoms with Crippen molar-refractivity contribution in [3.63, 3.8) is 0 Å². The maximum absolute atomic E-state index is 2.49. The number of fused-ring (bicyclic) bond motifs is 8. The van der Waals surface area contributed by atoms with Crippen molar-refractivity contribution >= 4 is 54.5 Å². The van der Waals surface area contributed by atoms with Gasteiger partial charge < -0.3 is 13.7 Å². The summed E-state index contributed by atoms with van der Waals surface area (Å²) in [6, 6.07) is 70.4. The van der Waals surface area contributed by atoms with Crippen LogP contribution in [0.15, 0.2) is 200 Å². The number of rotatable bonds is 5. The molecule has 0 aliphatic rings. The molecule has 0 unspecified atom stereocenters. The van der Waals surface area contributed by atoms with Gasteiger partial charge in [-0.05, 0) is 65.7 Å². The number of nitrogens with zero attached hydrogens (tertiary/aromatic N) is 3. The minimum atomic E-state index is 1.14. The van der Waals surface area contributed by atoms with E-state index in [1.54, 1.807) is 0 Å². The van der Waals surface area contributed by atoms with E-state index in [9.17, 15) is 0 Å². The third-order valence-electron chi connectivity index (χ3n) is 10.9. The topological polar surface area (TPSA) is 14.8 Å². The van der Waals surface area contributed by atoms with Gasteiger partial charge in [0.1, 0.15) is 0 Å². The first-order valence-corrected chi connectivity index (χ1v) is 18.2. The highest BCUT2D eigenvalue weighted by molar-refractivity contribution is 6.19. The number of benzene rings is 8. The van der Waals surface area contributed by atoms with Crippen LogP contribution in [0.5, 0.6) is 0 Å². The van der Waals surface area contributed by atoms with Crippen LogP contribution in [0, 0.1) is 0 Å². The predicted octanol–water partition coefficient (Wildman–Crippen LogP) is 13.2. The van der Waals surface area contributed by atoms with E-state index in [2.05, 4.69) is 214 Å². The standard InChI is InChI=1S/C50H33N3/c1-4-15-34(16-5-1)38-23-14-24-39(35-17-6-2-7-18-35)49(38)53-47-26-13-11-22-41(47)44-33-37(27-29-48(44)53)52-46-25-12-10-21-40(46)42-28-30-45-43(50(42)52)31-32-51(45)36-19-8-3-9-20-36/h1-33H. The van der Waals surface area contributed by atoms with E-state index >= 15 is 0 Å². The van der Waals surface area contributed by atoms with Crippen molar-refractivity contribution in [2.75, 3.05) is 0 Å². The first-order chi connectivity index (χ1) is 26.3. The van der Waals surface area contributed by atoms with Crippen LogP contribution in [0.25, 0.3) is 93.8 Å². The smallest absolute Gasteiger partial charge is 0.0635 e. The molecule has 3 heterocycles. The van der Waals surface area contributed by atoms with Crippen molar-refractivity contribution in [1.82, 2.24) is 13.7 Å². The van der Waals surface area contributed by atoms with Crippen LogP contribution in [-0.2, 0) is 0 Å². The van der Waals surface area contributed by atoms with Gasteiger partial charge in [0.25, 0.3) is 0 Å². The van der Waals surface area contributed by atoms with Gasteiger partial charge in [0.2, 0.25) is 0 Å². The van der Waals surface area contributed by atoms with Crippen molar-refractivity contribution in [2.24, 2.45) is 0 Å². The second-order valence-corrected chi connectivity index (χ2v) is 13.8. The third kappa shape index (κ3) is 4.47. The highest BCUT2D eigenvalue weighted by Crippen LogP contribution is 2.43. The first-order valence-electron chi connectivity index (χ1n) is 18.2. The zero-order valence-corrected chi connectivity index (χ0v) is 28.9. The summed E-state index contributed by atoms with van der Waals surface area (Å²) < 4.78 is 7.26. The van der Waals surface area contributed by atoms with Crippen LogP contribution in [0.1, 0.15) is 0 Å². The van der Waals surface area contributed by atoms with E-state index < -0.39 is 0 Å². The molecule has 53 heavy (non-hydrogen) atoms. The minimum Gasteiger partial charge on any atom is -0.316 e. The fraction of sp³-hybridized carbons (Fsp3) is 0. The van der Waals surface area contributed by atoms with Gasteiger partial charge in [0, 0.05) is 55.6 Å². The highest BCUT2D eigenvalue weighted by atomic mass is 15.0. The molecule has 0 aliphatic heterocycles. The van der Waals surface area contributed by atoms with E-state index in [0.29, 0.717) is 0 Å². The number of hydrogen-bond donors (Lipinski definition) is 0. The Morgan fingerprint density at radius 2 is 0.849 bits per heavy atom. The predicted molar refractivity (Wildman–Crippen MR) is 223 cm³/mol. The van der Waals surface area contributed by atoms with E-state index in [4.69, 9.17) is 0 Å². The van der Waals surface area contributed by atoms with Crippen molar-refractivity contribution in [2.45, 2.75) is 0 Å². The quantitative estimate of drug-likeness (QED) is 0.172. The van der Waals surface area contributed by atoms with Gasteiger partial charge in [-0.1, -0.05) is 140 Å². The second kappa shape index (κ2) is 11.7. The molecule has 0 saturated carbocycles. The van der Waals surface area contributed by atoms with Crippen LogP contribution in [-0.4, -0.2) is 13.7 Å². The number of hydrogen-bond acceptors (Lipinski definition) is 0. The number of aromatic nitrogens is 3. The lowest BCUT2D eigenvalue weighted by Gasteiger charge is -2.19. The zero-order chi connectivity index (χ0) is 34.9. The summed E-state index contributed by atoms with van der Waals surface area (Å²) in [5, 5.41) is 6.19. The molecule has 0 atom stereocenters. The molecule has 3 nitrogen and oxygen atoms in total. The average molecular weight is 676 g/mol. The Bertz CT molecular complexity index is 3090. The molecular formula is C50H33N3. The molecule has 8 aromatic carbocycles. The van der Waals surface area contributed by atoms with E-state index in [1.165, 1.54) is 82.5 Å². The van der Waals surface area contributed by atoms with Gasteiger partial charge >= 0.3 is 0 Å². The molecule has 0 saturated heterocycles. The molecule has 11 aromatic rings. The van der Waals surface area contributed by atoms with Gasteiger partial charge in [0.05, 0.1) is 33.3 Å². The summed E-state index contributed by atoms with van der Waals surface area (Å²) in [5.74, 6) is 0. The molecule has 11 rings (SSSR count). The summed E-state index contributed by atoms with van der Waals surface area (Å²) in [4.78, 5) is 0. The Hall–Kier alpha value is -7.10. The molecule has 0 amide bonds. The summed E-state index contributed by atoms with van der Waals surface area (Å²) in [6.45, 7) is 0. The monoisotopic (exact) mass is 675 g/mol. The first kappa shape index (κ1) is 29.6. The van der Waals surface area contributed by atoms with Crippen LogP contribution < -0.4 is 0 Å². The van der Waals surface area contributed by atoms with Gasteiger partial charge in [-0.25, -0.2) is 0 Å². The summed E-state index contributed by atoms with van der Waals surface area (Å²) in [7, 11) is 0. The van der Waals surface area contributed by atoms with E-state index in [1.807, 2.05) is 0 Å². The zero-order valence-electron chi connectivity index (χ0n) is 28.9. The van der Waals surface area contributed by atoms with Gasteiger partial charge in [-0.2, -0.15) is 0 Å². The second-order valence-electron chi connectivity index (χ2n) is 13.8. The molecule has 3 heteroatoms. The van der Waals surface area contributed by atoms with Gasteiger partial charge in [0.15, 0.2) is 0 Å². The molecule has 0 bridgehead atoms. The van der Waals surface area contributed by atoms with Crippen molar-refractivity contribution < 1.29 is 0 Å². The molecule has 0 spiro atoms. The fourth-order valence-corrected chi connectivity index (χ4v) is 8.58. The van der Waals surface area contributed by atoms with Gasteiger partial charge in [-0.3, -0.25) is 0 Å². The molecule has 0 radical (unpaired) electrons. The van der Waals surface area contributed by atoms with Crippen LogP contribution in [0.4, 0.5) is 0 Å².